The van der Waals surface area contributed by atoms with Crippen molar-refractivity contribution in [1.29, 1.82) is 0 Å². The van der Waals surface area contributed by atoms with Crippen LogP contribution in [0.3, 0.4) is 0 Å². The lowest BCUT2D eigenvalue weighted by Gasteiger charge is -2.29. The van der Waals surface area contributed by atoms with Crippen molar-refractivity contribution in [3.05, 3.63) is 40.5 Å². The van der Waals surface area contributed by atoms with E-state index in [-0.39, 0.29) is 40.8 Å². The average molecular weight is 414 g/mol. The van der Waals surface area contributed by atoms with Crippen LogP contribution in [0.25, 0.3) is 0 Å². The lowest BCUT2D eigenvalue weighted by molar-refractivity contribution is -0.132. The third kappa shape index (κ3) is 3.80. The Labute approximate surface area is 173 Å². The summed E-state index contributed by atoms with van der Waals surface area (Å²) < 4.78 is 21.7. The van der Waals surface area contributed by atoms with Crippen molar-refractivity contribution >= 4 is 17.7 Å². The van der Waals surface area contributed by atoms with Gasteiger partial charge in [0.1, 0.15) is 28.9 Å². The van der Waals surface area contributed by atoms with Gasteiger partial charge < -0.3 is 24.1 Å². The minimum absolute atomic E-state index is 0.0115. The molecule has 0 aromatic heterocycles. The zero-order chi connectivity index (χ0) is 22.2. The number of Topliss-reactive ketones (excluding diaryl/α,β-unsaturated/α-hetero) is 1. The Bertz CT molecular complexity index is 1050. The van der Waals surface area contributed by atoms with E-state index in [1.165, 1.54) is 21.0 Å². The maximum absolute atomic E-state index is 12.8. The molecule has 30 heavy (non-hydrogen) atoms. The van der Waals surface area contributed by atoms with Crippen LogP contribution < -0.4 is 18.9 Å². The van der Waals surface area contributed by atoms with Gasteiger partial charge in [0.25, 0.3) is 0 Å². The van der Waals surface area contributed by atoms with Crippen LogP contribution in [-0.2, 0) is 9.59 Å². The number of hydrogen-bond acceptors (Lipinski definition) is 8. The van der Waals surface area contributed by atoms with Crippen molar-refractivity contribution < 1.29 is 38.4 Å². The number of carbonyl (C=O) groups excluding carboxylic acids is 3. The van der Waals surface area contributed by atoms with Gasteiger partial charge in [0.2, 0.25) is 0 Å². The van der Waals surface area contributed by atoms with Crippen LogP contribution in [0.4, 0.5) is 0 Å². The molecule has 3 rings (SSSR count). The number of esters is 2. The summed E-state index contributed by atoms with van der Waals surface area (Å²) in [6, 6.07) is 4.85. The van der Waals surface area contributed by atoms with Crippen LogP contribution in [0.5, 0.6) is 28.7 Å². The Morgan fingerprint density at radius 1 is 1.07 bits per heavy atom. The van der Waals surface area contributed by atoms with Crippen LogP contribution in [0.15, 0.2) is 18.2 Å². The van der Waals surface area contributed by atoms with Gasteiger partial charge in [-0.3, -0.25) is 14.4 Å². The number of phenols is 1. The summed E-state index contributed by atoms with van der Waals surface area (Å²) >= 11 is 0. The number of ether oxygens (including phenoxy) is 4. The first-order valence-electron chi connectivity index (χ1n) is 9.24. The van der Waals surface area contributed by atoms with Crippen LogP contribution in [0, 0.1) is 13.8 Å². The molecule has 1 heterocycles. The van der Waals surface area contributed by atoms with Gasteiger partial charge in [-0.2, -0.15) is 0 Å². The highest BCUT2D eigenvalue weighted by Gasteiger charge is 2.35. The second-order valence-corrected chi connectivity index (χ2v) is 6.96. The molecule has 0 unspecified atom stereocenters. The molecule has 2 aromatic carbocycles. The van der Waals surface area contributed by atoms with Crippen LogP contribution >= 0.6 is 0 Å². The molecule has 2 aromatic rings. The van der Waals surface area contributed by atoms with E-state index < -0.39 is 18.0 Å². The molecule has 0 fully saturated rings. The summed E-state index contributed by atoms with van der Waals surface area (Å²) in [5.41, 5.74) is 1.43. The van der Waals surface area contributed by atoms with Crippen molar-refractivity contribution in [2.75, 3.05) is 7.11 Å². The van der Waals surface area contributed by atoms with Gasteiger partial charge in [-0.25, -0.2) is 0 Å². The molecule has 0 aliphatic carbocycles. The minimum atomic E-state index is -0.670. The fourth-order valence-electron chi connectivity index (χ4n) is 3.44. The first kappa shape index (κ1) is 21.2. The maximum atomic E-state index is 12.8. The van der Waals surface area contributed by atoms with Crippen molar-refractivity contribution in [2.45, 2.75) is 40.2 Å². The number of carbonyl (C=O) groups is 3. The van der Waals surface area contributed by atoms with E-state index in [1.807, 2.05) is 0 Å². The quantitative estimate of drug-likeness (QED) is 0.597. The monoisotopic (exact) mass is 414 g/mol. The van der Waals surface area contributed by atoms with E-state index in [1.54, 1.807) is 32.0 Å². The van der Waals surface area contributed by atoms with E-state index in [0.717, 1.165) is 0 Å². The predicted octanol–water partition coefficient (Wildman–Crippen LogP) is 3.57. The third-order valence-corrected chi connectivity index (χ3v) is 4.81. The van der Waals surface area contributed by atoms with Gasteiger partial charge in [0, 0.05) is 25.0 Å². The van der Waals surface area contributed by atoms with E-state index in [2.05, 4.69) is 0 Å². The molecular weight excluding hydrogens is 392 g/mol. The number of phenolic OH excluding ortho intramolecular Hbond substituents is 1. The molecule has 8 nitrogen and oxygen atoms in total. The largest absolute Gasteiger partial charge is 0.507 e. The fraction of sp³-hybridized carbons (Fsp3) is 0.318. The SMILES string of the molecule is COc1cc([C@H]2CC(=O)c3c(O)c(C)c(OC(C)=O)c(C)c3O2)ccc1OC(C)=O. The Hall–Kier alpha value is -3.55. The minimum Gasteiger partial charge on any atom is -0.507 e. The summed E-state index contributed by atoms with van der Waals surface area (Å²) in [5.74, 6) is -0.718. The zero-order valence-electron chi connectivity index (χ0n) is 17.3. The van der Waals surface area contributed by atoms with E-state index >= 15 is 0 Å². The Morgan fingerprint density at radius 2 is 1.73 bits per heavy atom. The van der Waals surface area contributed by atoms with Gasteiger partial charge in [-0.1, -0.05) is 6.07 Å². The molecule has 0 bridgehead atoms. The molecule has 0 saturated carbocycles. The normalized spacial score (nSPS) is 15.1. The number of fused-ring (bicyclic) bond motifs is 1. The smallest absolute Gasteiger partial charge is 0.308 e. The highest BCUT2D eigenvalue weighted by molar-refractivity contribution is 6.04. The molecule has 1 aliphatic heterocycles. The first-order valence-corrected chi connectivity index (χ1v) is 9.24. The van der Waals surface area contributed by atoms with Crippen LogP contribution in [-0.4, -0.2) is 29.9 Å². The molecular formula is C22H22O8. The summed E-state index contributed by atoms with van der Waals surface area (Å²) in [6.45, 7) is 5.76. The number of aromatic hydroxyl groups is 1. The third-order valence-electron chi connectivity index (χ3n) is 4.81. The lowest BCUT2D eigenvalue weighted by atomic mass is 9.91. The van der Waals surface area contributed by atoms with Gasteiger partial charge in [0.05, 0.1) is 13.5 Å². The second-order valence-electron chi connectivity index (χ2n) is 6.96. The number of rotatable bonds is 4. The molecule has 1 atom stereocenters. The Morgan fingerprint density at radius 3 is 2.33 bits per heavy atom. The molecule has 8 heteroatoms. The van der Waals surface area contributed by atoms with Gasteiger partial charge in [-0.15, -0.1) is 0 Å². The highest BCUT2D eigenvalue weighted by atomic mass is 16.6. The van der Waals surface area contributed by atoms with Crippen LogP contribution in [0.1, 0.15) is 53.4 Å². The van der Waals surface area contributed by atoms with Gasteiger partial charge in [-0.05, 0) is 31.5 Å². The molecule has 0 saturated heterocycles. The number of benzene rings is 2. The molecule has 0 spiro atoms. The van der Waals surface area contributed by atoms with Gasteiger partial charge >= 0.3 is 11.9 Å². The first-order chi connectivity index (χ1) is 14.1. The maximum Gasteiger partial charge on any atom is 0.308 e. The lowest BCUT2D eigenvalue weighted by Crippen LogP contribution is -2.22. The number of ketones is 1. The topological polar surface area (TPSA) is 108 Å². The number of hydrogen-bond donors (Lipinski definition) is 1. The average Bonchev–Trinajstić information content (AvgIpc) is 2.68. The standard InChI is InChI=1S/C22H22O8/c1-10-20(26)19-15(25)9-17(30-22(19)11(2)21(10)29-13(4)24)14-6-7-16(28-12(3)23)18(8-14)27-5/h6-8,17,26H,9H2,1-5H3/t17-/m1/s1. The van der Waals surface area contributed by atoms with E-state index in [4.69, 9.17) is 18.9 Å². The predicted molar refractivity (Wildman–Crippen MR) is 106 cm³/mol. The van der Waals surface area contributed by atoms with Crippen molar-refractivity contribution in [1.82, 2.24) is 0 Å². The fourth-order valence-corrected chi connectivity index (χ4v) is 3.44. The Balaban J connectivity index is 2.05. The zero-order valence-corrected chi connectivity index (χ0v) is 17.3. The molecule has 158 valence electrons. The van der Waals surface area contributed by atoms with Crippen molar-refractivity contribution in [2.24, 2.45) is 0 Å². The molecule has 0 amide bonds. The van der Waals surface area contributed by atoms with Gasteiger partial charge in [0.15, 0.2) is 17.3 Å². The summed E-state index contributed by atoms with van der Waals surface area (Å²) in [7, 11) is 1.44. The summed E-state index contributed by atoms with van der Waals surface area (Å²) in [6.07, 6.45) is -0.682. The van der Waals surface area contributed by atoms with E-state index in [9.17, 15) is 19.5 Å². The van der Waals surface area contributed by atoms with Crippen LogP contribution in [0.2, 0.25) is 0 Å². The highest BCUT2D eigenvalue weighted by Crippen LogP contribution is 2.48. The summed E-state index contributed by atoms with van der Waals surface area (Å²) in [4.78, 5) is 35.6. The second kappa shape index (κ2) is 8.06. The van der Waals surface area contributed by atoms with E-state index in [0.29, 0.717) is 22.4 Å². The van der Waals surface area contributed by atoms with Crippen molar-refractivity contribution in [3.63, 3.8) is 0 Å². The number of methoxy groups -OCH3 is 1. The molecule has 1 N–H and O–H groups in total. The Kier molecular flexibility index (Phi) is 5.69. The molecule has 1 aliphatic rings. The van der Waals surface area contributed by atoms with Crippen molar-refractivity contribution in [3.8, 4) is 28.7 Å². The molecule has 0 radical (unpaired) electrons. The summed E-state index contributed by atoms with van der Waals surface area (Å²) in [5, 5.41) is 10.5.